The van der Waals surface area contributed by atoms with Crippen molar-refractivity contribution >= 4 is 15.9 Å². The van der Waals surface area contributed by atoms with Gasteiger partial charge in [-0.15, -0.1) is 0 Å². The lowest BCUT2D eigenvalue weighted by molar-refractivity contribution is 0.0680. The van der Waals surface area contributed by atoms with Crippen LogP contribution in [0, 0.1) is 11.3 Å². The van der Waals surface area contributed by atoms with Gasteiger partial charge in [0.2, 0.25) is 0 Å². The SMILES string of the molecule is CC(C)(C)C1CCC(F)(CBr)CC1. The summed E-state index contributed by atoms with van der Waals surface area (Å²) in [7, 11) is 0. The summed E-state index contributed by atoms with van der Waals surface area (Å²) >= 11 is 3.26. The molecule has 0 aromatic rings. The average molecular weight is 251 g/mol. The highest BCUT2D eigenvalue weighted by Gasteiger charge is 2.37. The van der Waals surface area contributed by atoms with Crippen LogP contribution in [0.1, 0.15) is 46.5 Å². The van der Waals surface area contributed by atoms with Gasteiger partial charge in [-0.25, -0.2) is 4.39 Å². The van der Waals surface area contributed by atoms with Crippen molar-refractivity contribution in [1.29, 1.82) is 0 Å². The Balaban J connectivity index is 2.48. The van der Waals surface area contributed by atoms with Crippen molar-refractivity contribution in [1.82, 2.24) is 0 Å². The fraction of sp³-hybridized carbons (Fsp3) is 1.00. The first-order valence-electron chi connectivity index (χ1n) is 5.12. The molecule has 78 valence electrons. The fourth-order valence-corrected chi connectivity index (χ4v) is 2.70. The normalized spacial score (nSPS) is 36.2. The Bertz CT molecular complexity index is 163. The Hall–Kier alpha value is 0.410. The predicted molar refractivity (Wildman–Crippen MR) is 59.0 cm³/mol. The number of hydrogen-bond acceptors (Lipinski definition) is 0. The van der Waals surface area contributed by atoms with Crippen LogP contribution in [0.4, 0.5) is 4.39 Å². The maximum absolute atomic E-state index is 13.8. The van der Waals surface area contributed by atoms with Gasteiger partial charge in [0.15, 0.2) is 0 Å². The third kappa shape index (κ3) is 2.93. The maximum Gasteiger partial charge on any atom is 0.120 e. The first-order chi connectivity index (χ1) is 5.87. The molecule has 0 spiro atoms. The van der Waals surface area contributed by atoms with Crippen LogP contribution in [0.2, 0.25) is 0 Å². The van der Waals surface area contributed by atoms with Crippen LogP contribution in [0.25, 0.3) is 0 Å². The molecule has 0 unspecified atom stereocenters. The summed E-state index contributed by atoms with van der Waals surface area (Å²) in [6, 6.07) is 0. The van der Waals surface area contributed by atoms with E-state index < -0.39 is 5.67 Å². The van der Waals surface area contributed by atoms with Gasteiger partial charge in [0.25, 0.3) is 0 Å². The smallest absolute Gasteiger partial charge is 0.120 e. The second-order valence-corrected chi connectivity index (χ2v) is 5.99. The Labute approximate surface area is 89.4 Å². The van der Waals surface area contributed by atoms with Crippen LogP contribution >= 0.6 is 15.9 Å². The lowest BCUT2D eigenvalue weighted by Gasteiger charge is -2.39. The summed E-state index contributed by atoms with van der Waals surface area (Å²) in [5, 5.41) is 0.511. The Morgan fingerprint density at radius 3 is 2.08 bits per heavy atom. The van der Waals surface area contributed by atoms with Crippen molar-refractivity contribution in [3.8, 4) is 0 Å². The van der Waals surface area contributed by atoms with Gasteiger partial charge in [-0.1, -0.05) is 36.7 Å². The molecule has 13 heavy (non-hydrogen) atoms. The van der Waals surface area contributed by atoms with Crippen LogP contribution < -0.4 is 0 Å². The van der Waals surface area contributed by atoms with E-state index in [4.69, 9.17) is 0 Å². The minimum atomic E-state index is -0.915. The topological polar surface area (TPSA) is 0 Å². The second kappa shape index (κ2) is 3.88. The molecule has 0 nitrogen and oxygen atoms in total. The summed E-state index contributed by atoms with van der Waals surface area (Å²) in [5.74, 6) is 0.704. The molecule has 0 aromatic carbocycles. The summed E-state index contributed by atoms with van der Waals surface area (Å²) < 4.78 is 13.8. The number of rotatable bonds is 1. The molecule has 0 heterocycles. The van der Waals surface area contributed by atoms with E-state index >= 15 is 0 Å². The van der Waals surface area contributed by atoms with Gasteiger partial charge in [0.05, 0.1) is 0 Å². The van der Waals surface area contributed by atoms with Crippen LogP contribution in [0.3, 0.4) is 0 Å². The van der Waals surface area contributed by atoms with Gasteiger partial charge in [0, 0.05) is 5.33 Å². The van der Waals surface area contributed by atoms with Gasteiger partial charge in [-0.2, -0.15) is 0 Å². The van der Waals surface area contributed by atoms with E-state index in [1.807, 2.05) is 0 Å². The van der Waals surface area contributed by atoms with Crippen molar-refractivity contribution in [2.24, 2.45) is 11.3 Å². The third-order valence-electron chi connectivity index (χ3n) is 3.35. The molecule has 1 rings (SSSR count). The van der Waals surface area contributed by atoms with E-state index in [0.717, 1.165) is 25.7 Å². The average Bonchev–Trinajstić information content (AvgIpc) is 2.04. The second-order valence-electron chi connectivity index (χ2n) is 5.42. The fourth-order valence-electron chi connectivity index (χ4n) is 2.13. The quantitative estimate of drug-likeness (QED) is 0.608. The standard InChI is InChI=1S/C11H20BrF/c1-10(2,3)9-4-6-11(13,8-12)7-5-9/h9H,4-8H2,1-3H3. The van der Waals surface area contributed by atoms with Crippen molar-refractivity contribution in [2.75, 3.05) is 5.33 Å². The first-order valence-corrected chi connectivity index (χ1v) is 6.24. The molecule has 0 aromatic heterocycles. The lowest BCUT2D eigenvalue weighted by atomic mass is 9.69. The molecular weight excluding hydrogens is 231 g/mol. The predicted octanol–water partition coefficient (Wildman–Crippen LogP) is 4.33. The molecule has 1 aliphatic carbocycles. The number of halogens is 2. The van der Waals surface area contributed by atoms with Gasteiger partial charge < -0.3 is 0 Å². The molecule has 1 fully saturated rings. The third-order valence-corrected chi connectivity index (χ3v) is 4.35. The molecular formula is C11H20BrF. The molecule has 0 bridgehead atoms. The molecule has 0 saturated heterocycles. The molecule has 0 radical (unpaired) electrons. The highest BCUT2D eigenvalue weighted by molar-refractivity contribution is 9.09. The van der Waals surface area contributed by atoms with Crippen LogP contribution in [-0.2, 0) is 0 Å². The summed E-state index contributed by atoms with van der Waals surface area (Å²) in [4.78, 5) is 0. The van der Waals surface area contributed by atoms with E-state index in [0.29, 0.717) is 16.7 Å². The van der Waals surface area contributed by atoms with Crippen molar-refractivity contribution in [3.05, 3.63) is 0 Å². The zero-order chi connectivity index (χ0) is 10.1. The number of alkyl halides is 2. The zero-order valence-electron chi connectivity index (χ0n) is 8.87. The van der Waals surface area contributed by atoms with E-state index in [1.54, 1.807) is 0 Å². The van der Waals surface area contributed by atoms with Crippen LogP contribution in [0.5, 0.6) is 0 Å². The van der Waals surface area contributed by atoms with E-state index in [9.17, 15) is 4.39 Å². The zero-order valence-corrected chi connectivity index (χ0v) is 10.5. The Morgan fingerprint density at radius 2 is 1.77 bits per heavy atom. The molecule has 1 aliphatic rings. The Morgan fingerprint density at radius 1 is 1.31 bits per heavy atom. The van der Waals surface area contributed by atoms with Gasteiger partial charge in [0.1, 0.15) is 5.67 Å². The molecule has 0 aliphatic heterocycles. The monoisotopic (exact) mass is 250 g/mol. The van der Waals surface area contributed by atoms with Crippen molar-refractivity contribution in [2.45, 2.75) is 52.1 Å². The summed E-state index contributed by atoms with van der Waals surface area (Å²) in [5.41, 5.74) is -0.560. The number of hydrogen-bond donors (Lipinski definition) is 0. The van der Waals surface area contributed by atoms with Gasteiger partial charge >= 0.3 is 0 Å². The van der Waals surface area contributed by atoms with Gasteiger partial charge in [-0.3, -0.25) is 0 Å². The van der Waals surface area contributed by atoms with E-state index in [-0.39, 0.29) is 0 Å². The summed E-state index contributed by atoms with van der Waals surface area (Å²) in [6.45, 7) is 6.78. The Kier molecular flexibility index (Phi) is 3.43. The summed E-state index contributed by atoms with van der Waals surface area (Å²) in [6.07, 6.45) is 3.57. The van der Waals surface area contributed by atoms with Crippen molar-refractivity contribution < 1.29 is 4.39 Å². The molecule has 0 amide bonds. The first kappa shape index (κ1) is 11.5. The minimum absolute atomic E-state index is 0.355. The molecule has 1 saturated carbocycles. The molecule has 0 N–H and O–H groups in total. The van der Waals surface area contributed by atoms with E-state index in [1.165, 1.54) is 0 Å². The largest absolute Gasteiger partial charge is 0.243 e. The highest BCUT2D eigenvalue weighted by Crippen LogP contribution is 2.43. The maximum atomic E-state index is 13.8. The van der Waals surface area contributed by atoms with Gasteiger partial charge in [-0.05, 0) is 37.0 Å². The highest BCUT2D eigenvalue weighted by atomic mass is 79.9. The minimum Gasteiger partial charge on any atom is -0.243 e. The van der Waals surface area contributed by atoms with Crippen LogP contribution in [-0.4, -0.2) is 11.0 Å². The molecule has 2 heteroatoms. The van der Waals surface area contributed by atoms with Crippen LogP contribution in [0.15, 0.2) is 0 Å². The lowest BCUT2D eigenvalue weighted by Crippen LogP contribution is -2.35. The van der Waals surface area contributed by atoms with Crippen molar-refractivity contribution in [3.63, 3.8) is 0 Å². The molecule has 0 atom stereocenters. The van der Waals surface area contributed by atoms with E-state index in [2.05, 4.69) is 36.7 Å².